The van der Waals surface area contributed by atoms with Crippen LogP contribution in [0.2, 0.25) is 0 Å². The van der Waals surface area contributed by atoms with E-state index in [1.807, 2.05) is 4.90 Å². The third-order valence-electron chi connectivity index (χ3n) is 6.20. The molecule has 0 saturated carbocycles. The molecule has 0 radical (unpaired) electrons. The molecule has 0 bridgehead atoms. The normalized spacial score (nSPS) is 25.4. The maximum atomic E-state index is 13.5. The van der Waals surface area contributed by atoms with Crippen LogP contribution in [0.5, 0.6) is 0 Å². The summed E-state index contributed by atoms with van der Waals surface area (Å²) in [7, 11) is 0. The van der Waals surface area contributed by atoms with Crippen LogP contribution in [0.1, 0.15) is 50.0 Å². The molecule has 1 saturated heterocycles. The number of nitrogens with one attached hydrogen (secondary N) is 1. The van der Waals surface area contributed by atoms with Crippen molar-refractivity contribution in [2.75, 3.05) is 19.3 Å². The number of carbonyl (C=O) groups excluding carboxylic acids is 2. The molecule has 1 amide bonds. The topological polar surface area (TPSA) is 49.4 Å². The summed E-state index contributed by atoms with van der Waals surface area (Å²) in [5, 5.41) is 3.35. The van der Waals surface area contributed by atoms with Gasteiger partial charge in [0.2, 0.25) is 5.91 Å². The van der Waals surface area contributed by atoms with Crippen LogP contribution in [0.4, 0.5) is 0 Å². The zero-order valence-electron chi connectivity index (χ0n) is 16.5. The number of ketones is 1. The van der Waals surface area contributed by atoms with Gasteiger partial charge in [-0.3, -0.25) is 9.59 Å². The van der Waals surface area contributed by atoms with Crippen molar-refractivity contribution in [3.8, 4) is 0 Å². The number of benzene rings is 1. The smallest absolute Gasteiger partial charge is 0.232 e. The van der Waals surface area contributed by atoms with Gasteiger partial charge in [-0.25, -0.2) is 0 Å². The summed E-state index contributed by atoms with van der Waals surface area (Å²) >= 11 is 1.69. The van der Waals surface area contributed by atoms with Gasteiger partial charge < -0.3 is 10.2 Å². The van der Waals surface area contributed by atoms with Crippen molar-refractivity contribution < 1.29 is 9.59 Å². The maximum Gasteiger partial charge on any atom is 0.232 e. The van der Waals surface area contributed by atoms with E-state index in [4.69, 9.17) is 0 Å². The lowest BCUT2D eigenvalue weighted by atomic mass is 9.71. The minimum Gasteiger partial charge on any atom is -0.362 e. The van der Waals surface area contributed by atoms with Crippen LogP contribution in [0.15, 0.2) is 52.7 Å². The number of hydrogen-bond donors (Lipinski definition) is 1. The van der Waals surface area contributed by atoms with E-state index in [1.54, 1.807) is 11.8 Å². The Morgan fingerprint density at radius 3 is 2.50 bits per heavy atom. The SMILES string of the molecule is C=C1NC2=C(C(=O)CCC2)C(c2ccc(SC)cc2)C1C(=O)N1CCCCC1. The summed E-state index contributed by atoms with van der Waals surface area (Å²) in [6.07, 6.45) is 7.62. The number of Topliss-reactive ketones (excluding diaryl/α,β-unsaturated/α-hetero) is 1. The van der Waals surface area contributed by atoms with Crippen molar-refractivity contribution >= 4 is 23.5 Å². The Bertz CT molecular complexity index is 822. The van der Waals surface area contributed by atoms with Crippen LogP contribution in [-0.4, -0.2) is 35.9 Å². The summed E-state index contributed by atoms with van der Waals surface area (Å²) in [6.45, 7) is 5.84. The Balaban J connectivity index is 1.77. The Morgan fingerprint density at radius 1 is 1.11 bits per heavy atom. The van der Waals surface area contributed by atoms with E-state index in [-0.39, 0.29) is 17.6 Å². The quantitative estimate of drug-likeness (QED) is 0.776. The number of carbonyl (C=O) groups is 2. The monoisotopic (exact) mass is 396 g/mol. The summed E-state index contributed by atoms with van der Waals surface area (Å²) in [5.41, 5.74) is 3.57. The number of nitrogens with zero attached hydrogens (tertiary/aromatic N) is 1. The predicted molar refractivity (Wildman–Crippen MR) is 113 cm³/mol. The minimum atomic E-state index is -0.418. The lowest BCUT2D eigenvalue weighted by Crippen LogP contribution is -2.47. The maximum absolute atomic E-state index is 13.5. The van der Waals surface area contributed by atoms with Crippen LogP contribution in [0.3, 0.4) is 0 Å². The number of allylic oxidation sites excluding steroid dienone is 2. The third-order valence-corrected chi connectivity index (χ3v) is 6.94. The molecular weight excluding hydrogens is 368 g/mol. The molecule has 148 valence electrons. The molecule has 4 nitrogen and oxygen atoms in total. The first-order valence-corrected chi connectivity index (χ1v) is 11.5. The molecule has 5 heteroatoms. The number of likely N-dealkylation sites (tertiary alicyclic amines) is 1. The standard InChI is InChI=1S/C23H28N2O2S/c1-15-20(23(27)25-13-4-3-5-14-25)21(16-9-11-17(28-2)12-10-16)22-18(24-15)7-6-8-19(22)26/h9-12,20-21,24H,1,3-8,13-14H2,2H3. The molecule has 2 aliphatic heterocycles. The number of piperidine rings is 1. The van der Waals surface area contributed by atoms with Gasteiger partial charge in [-0.2, -0.15) is 0 Å². The second-order valence-corrected chi connectivity index (χ2v) is 8.81. The second-order valence-electron chi connectivity index (χ2n) is 7.93. The lowest BCUT2D eigenvalue weighted by molar-refractivity contribution is -0.136. The summed E-state index contributed by atoms with van der Waals surface area (Å²) in [5.74, 6) is -0.362. The zero-order valence-corrected chi connectivity index (χ0v) is 17.3. The average Bonchev–Trinajstić information content (AvgIpc) is 2.73. The Kier molecular flexibility index (Phi) is 5.63. The molecular formula is C23H28N2O2S. The highest BCUT2D eigenvalue weighted by Crippen LogP contribution is 2.45. The van der Waals surface area contributed by atoms with E-state index >= 15 is 0 Å². The molecule has 1 aliphatic carbocycles. The van der Waals surface area contributed by atoms with Gasteiger partial charge in [0, 0.05) is 47.3 Å². The summed E-state index contributed by atoms with van der Waals surface area (Å²) < 4.78 is 0. The number of hydrogen-bond acceptors (Lipinski definition) is 4. The third kappa shape index (κ3) is 3.52. The van der Waals surface area contributed by atoms with Gasteiger partial charge >= 0.3 is 0 Å². The van der Waals surface area contributed by atoms with Crippen LogP contribution in [0, 0.1) is 5.92 Å². The van der Waals surface area contributed by atoms with Gasteiger partial charge in [0.25, 0.3) is 0 Å². The van der Waals surface area contributed by atoms with E-state index in [9.17, 15) is 9.59 Å². The van der Waals surface area contributed by atoms with Crippen molar-refractivity contribution in [2.45, 2.75) is 49.3 Å². The molecule has 3 aliphatic rings. The van der Waals surface area contributed by atoms with E-state index in [0.29, 0.717) is 6.42 Å². The molecule has 1 N–H and O–H groups in total. The van der Waals surface area contributed by atoms with Crippen LogP contribution in [0.25, 0.3) is 0 Å². The molecule has 4 rings (SSSR count). The van der Waals surface area contributed by atoms with Crippen molar-refractivity contribution in [3.63, 3.8) is 0 Å². The Morgan fingerprint density at radius 2 is 1.82 bits per heavy atom. The number of rotatable bonds is 3. The zero-order chi connectivity index (χ0) is 19.7. The van der Waals surface area contributed by atoms with E-state index in [2.05, 4.69) is 42.4 Å². The fourth-order valence-corrected chi connectivity index (χ4v) is 5.17. The highest BCUT2D eigenvalue weighted by Gasteiger charge is 2.44. The van der Waals surface area contributed by atoms with E-state index in [1.165, 1.54) is 11.3 Å². The van der Waals surface area contributed by atoms with Gasteiger partial charge in [-0.1, -0.05) is 18.7 Å². The van der Waals surface area contributed by atoms with E-state index in [0.717, 1.165) is 61.3 Å². The summed E-state index contributed by atoms with van der Waals surface area (Å²) in [6, 6.07) is 8.33. The van der Waals surface area contributed by atoms with Crippen LogP contribution in [-0.2, 0) is 9.59 Å². The molecule has 28 heavy (non-hydrogen) atoms. The van der Waals surface area contributed by atoms with Crippen LogP contribution < -0.4 is 5.32 Å². The Labute approximate surface area is 171 Å². The first kappa shape index (κ1) is 19.3. The second kappa shape index (κ2) is 8.16. The van der Waals surface area contributed by atoms with Crippen LogP contribution >= 0.6 is 11.8 Å². The first-order chi connectivity index (χ1) is 13.6. The molecule has 0 spiro atoms. The van der Waals surface area contributed by atoms with Crippen molar-refractivity contribution in [1.29, 1.82) is 0 Å². The summed E-state index contributed by atoms with van der Waals surface area (Å²) in [4.78, 5) is 29.6. The highest BCUT2D eigenvalue weighted by atomic mass is 32.2. The molecule has 2 unspecified atom stereocenters. The molecule has 1 aromatic carbocycles. The first-order valence-electron chi connectivity index (χ1n) is 10.2. The fourth-order valence-electron chi connectivity index (χ4n) is 4.77. The fraction of sp³-hybridized carbons (Fsp3) is 0.478. The molecule has 1 fully saturated rings. The van der Waals surface area contributed by atoms with Gasteiger partial charge in [0.15, 0.2) is 5.78 Å². The van der Waals surface area contributed by atoms with Crippen molar-refractivity contribution in [3.05, 3.63) is 53.4 Å². The minimum absolute atomic E-state index is 0.112. The van der Waals surface area contributed by atoms with Gasteiger partial charge in [0.05, 0.1) is 5.92 Å². The highest BCUT2D eigenvalue weighted by molar-refractivity contribution is 7.98. The average molecular weight is 397 g/mol. The van der Waals surface area contributed by atoms with Crippen molar-refractivity contribution in [1.82, 2.24) is 10.2 Å². The molecule has 2 atom stereocenters. The predicted octanol–water partition coefficient (Wildman–Crippen LogP) is 4.24. The number of thioether (sulfide) groups is 1. The van der Waals surface area contributed by atoms with Gasteiger partial charge in [0.1, 0.15) is 0 Å². The van der Waals surface area contributed by atoms with Gasteiger partial charge in [-0.05, 0) is 56.1 Å². The number of amides is 1. The van der Waals surface area contributed by atoms with E-state index < -0.39 is 5.92 Å². The van der Waals surface area contributed by atoms with Crippen molar-refractivity contribution in [2.24, 2.45) is 5.92 Å². The molecule has 2 heterocycles. The Hall–Kier alpha value is -2.01. The molecule has 0 aromatic heterocycles. The lowest BCUT2D eigenvalue weighted by Gasteiger charge is -2.41. The largest absolute Gasteiger partial charge is 0.362 e. The molecule has 1 aromatic rings. The van der Waals surface area contributed by atoms with Gasteiger partial charge in [-0.15, -0.1) is 11.8 Å².